The summed E-state index contributed by atoms with van der Waals surface area (Å²) in [6, 6.07) is 5.89. The van der Waals surface area contributed by atoms with Gasteiger partial charge in [0.2, 0.25) is 11.8 Å². The van der Waals surface area contributed by atoms with E-state index >= 15 is 0 Å². The summed E-state index contributed by atoms with van der Waals surface area (Å²) in [7, 11) is 1.56. The zero-order valence-corrected chi connectivity index (χ0v) is 14.2. The Balaban J connectivity index is 1.94. The molecule has 1 aliphatic rings. The highest BCUT2D eigenvalue weighted by atomic mass is 16.5. The zero-order valence-electron chi connectivity index (χ0n) is 14.2. The summed E-state index contributed by atoms with van der Waals surface area (Å²) in [6.45, 7) is 7.04. The largest absolute Gasteiger partial charge is 0.488 e. The van der Waals surface area contributed by atoms with E-state index in [4.69, 9.17) is 9.47 Å². The van der Waals surface area contributed by atoms with E-state index in [-0.39, 0.29) is 24.5 Å². The van der Waals surface area contributed by atoms with Crippen molar-refractivity contribution in [1.82, 2.24) is 10.2 Å². The highest BCUT2D eigenvalue weighted by Crippen LogP contribution is 2.23. The average molecular weight is 332 g/mol. The molecule has 0 saturated carbocycles. The Morgan fingerprint density at radius 1 is 1.50 bits per heavy atom. The number of likely N-dealkylation sites (N-methyl/N-ethyl adjacent to an activating group) is 1. The molecule has 1 heterocycles. The Morgan fingerprint density at radius 2 is 2.29 bits per heavy atom. The fourth-order valence-corrected chi connectivity index (χ4v) is 2.40. The first kappa shape index (κ1) is 18.0. The molecule has 6 nitrogen and oxygen atoms in total. The van der Waals surface area contributed by atoms with Crippen molar-refractivity contribution in [1.29, 1.82) is 0 Å². The molecule has 1 aromatic rings. The predicted molar refractivity (Wildman–Crippen MR) is 90.7 cm³/mol. The second kappa shape index (κ2) is 8.49. The maximum atomic E-state index is 12.0. The summed E-state index contributed by atoms with van der Waals surface area (Å²) in [5.41, 5.74) is 1.99. The van der Waals surface area contributed by atoms with Gasteiger partial charge in [-0.15, -0.1) is 0 Å². The lowest BCUT2D eigenvalue weighted by Crippen LogP contribution is -2.37. The van der Waals surface area contributed by atoms with Crippen LogP contribution in [0.15, 0.2) is 30.9 Å². The maximum absolute atomic E-state index is 12.0. The molecule has 0 spiro atoms. The van der Waals surface area contributed by atoms with Crippen molar-refractivity contribution in [2.24, 2.45) is 0 Å². The summed E-state index contributed by atoms with van der Waals surface area (Å²) in [5, 5.41) is 2.82. The minimum absolute atomic E-state index is 0.0105. The summed E-state index contributed by atoms with van der Waals surface area (Å²) in [5.74, 6) is 0.246. The first-order valence-electron chi connectivity index (χ1n) is 7.97. The number of rotatable bonds is 7. The first-order chi connectivity index (χ1) is 11.5. The Labute approximate surface area is 142 Å². The lowest BCUT2D eigenvalue weighted by atomic mass is 10.1. The molecule has 1 aromatic carbocycles. The fraction of sp³-hybridized carbons (Fsp3) is 0.444. The van der Waals surface area contributed by atoms with Crippen molar-refractivity contribution < 1.29 is 19.1 Å². The van der Waals surface area contributed by atoms with Crippen LogP contribution in [0.3, 0.4) is 0 Å². The smallest absolute Gasteiger partial charge is 0.246 e. The molecule has 1 fully saturated rings. The van der Waals surface area contributed by atoms with Crippen molar-refractivity contribution >= 4 is 11.8 Å². The topological polar surface area (TPSA) is 67.9 Å². The van der Waals surface area contributed by atoms with E-state index in [0.29, 0.717) is 19.8 Å². The van der Waals surface area contributed by atoms with E-state index in [1.165, 1.54) is 11.0 Å². The number of nitrogens with zero attached hydrogens (tertiary/aromatic N) is 1. The molecule has 0 bridgehead atoms. The summed E-state index contributed by atoms with van der Waals surface area (Å²) in [4.78, 5) is 24.7. The Morgan fingerprint density at radius 3 is 2.96 bits per heavy atom. The van der Waals surface area contributed by atoms with Crippen LogP contribution in [-0.2, 0) is 20.9 Å². The van der Waals surface area contributed by atoms with Crippen LogP contribution in [0.2, 0.25) is 0 Å². The third kappa shape index (κ3) is 5.09. The van der Waals surface area contributed by atoms with Crippen LogP contribution in [0.1, 0.15) is 17.5 Å². The third-order valence-corrected chi connectivity index (χ3v) is 3.81. The molecule has 6 heteroatoms. The van der Waals surface area contributed by atoms with E-state index in [0.717, 1.165) is 23.3 Å². The highest BCUT2D eigenvalue weighted by Gasteiger charge is 2.19. The molecule has 130 valence electrons. The van der Waals surface area contributed by atoms with Gasteiger partial charge in [0.1, 0.15) is 11.9 Å². The molecule has 1 aliphatic heterocycles. The van der Waals surface area contributed by atoms with Gasteiger partial charge in [-0.1, -0.05) is 18.7 Å². The van der Waals surface area contributed by atoms with Gasteiger partial charge in [-0.25, -0.2) is 0 Å². The van der Waals surface area contributed by atoms with Gasteiger partial charge in [0.15, 0.2) is 0 Å². The number of hydrogen-bond acceptors (Lipinski definition) is 4. The maximum Gasteiger partial charge on any atom is 0.246 e. The zero-order chi connectivity index (χ0) is 17.5. The van der Waals surface area contributed by atoms with Crippen molar-refractivity contribution in [3.8, 4) is 5.75 Å². The van der Waals surface area contributed by atoms with Gasteiger partial charge in [-0.3, -0.25) is 9.59 Å². The Kier molecular flexibility index (Phi) is 6.37. The molecule has 0 radical (unpaired) electrons. The highest BCUT2D eigenvalue weighted by molar-refractivity contribution is 5.90. The lowest BCUT2D eigenvalue weighted by molar-refractivity contribution is -0.131. The Bertz CT molecular complexity index is 609. The predicted octanol–water partition coefficient (Wildman–Crippen LogP) is 1.42. The lowest BCUT2D eigenvalue weighted by Gasteiger charge is -2.18. The van der Waals surface area contributed by atoms with E-state index in [9.17, 15) is 9.59 Å². The van der Waals surface area contributed by atoms with Gasteiger partial charge in [0.05, 0.1) is 19.8 Å². The molecule has 1 unspecified atom stereocenters. The molecule has 2 amide bonds. The molecule has 0 aliphatic carbocycles. The number of aryl methyl sites for hydroxylation is 1. The van der Waals surface area contributed by atoms with E-state index in [1.807, 2.05) is 25.1 Å². The van der Waals surface area contributed by atoms with Gasteiger partial charge >= 0.3 is 0 Å². The van der Waals surface area contributed by atoms with Gasteiger partial charge in [0, 0.05) is 25.6 Å². The van der Waals surface area contributed by atoms with Crippen LogP contribution in [0.4, 0.5) is 0 Å². The number of ether oxygens (including phenoxy) is 2. The van der Waals surface area contributed by atoms with E-state index in [2.05, 4.69) is 11.9 Å². The number of carbonyl (C=O) groups excluding carboxylic acids is 2. The molecular weight excluding hydrogens is 308 g/mol. The first-order valence-corrected chi connectivity index (χ1v) is 7.97. The van der Waals surface area contributed by atoms with Crippen molar-refractivity contribution in [2.75, 3.05) is 26.8 Å². The molecular formula is C18H24N2O4. The van der Waals surface area contributed by atoms with Crippen molar-refractivity contribution in [3.63, 3.8) is 0 Å². The number of amides is 2. The molecule has 24 heavy (non-hydrogen) atoms. The van der Waals surface area contributed by atoms with Crippen molar-refractivity contribution in [2.45, 2.75) is 26.0 Å². The summed E-state index contributed by atoms with van der Waals surface area (Å²) < 4.78 is 11.3. The van der Waals surface area contributed by atoms with Gasteiger partial charge in [-0.2, -0.15) is 0 Å². The number of carbonyl (C=O) groups is 2. The summed E-state index contributed by atoms with van der Waals surface area (Å²) >= 11 is 0. The second-order valence-electron chi connectivity index (χ2n) is 5.89. The van der Waals surface area contributed by atoms with Crippen LogP contribution >= 0.6 is 0 Å². The molecule has 2 rings (SSSR count). The minimum atomic E-state index is -0.286. The SMILES string of the molecule is C=CC(=O)N(C)CC(=O)NCc1ccc(C)cc1OC1CCOC1. The molecule has 1 N–H and O–H groups in total. The normalized spacial score (nSPS) is 16.5. The van der Waals surface area contributed by atoms with Gasteiger partial charge in [0.25, 0.3) is 0 Å². The quantitative estimate of drug-likeness (QED) is 0.767. The van der Waals surface area contributed by atoms with Gasteiger partial charge < -0.3 is 19.7 Å². The summed E-state index contributed by atoms with van der Waals surface area (Å²) in [6.07, 6.45) is 2.11. The standard InChI is InChI=1S/C18H24N2O4/c1-4-18(22)20(3)11-17(21)19-10-14-6-5-13(2)9-16(14)24-15-7-8-23-12-15/h4-6,9,15H,1,7-8,10-12H2,2-3H3,(H,19,21). The second-order valence-corrected chi connectivity index (χ2v) is 5.89. The van der Waals surface area contributed by atoms with Crippen LogP contribution in [0.5, 0.6) is 5.75 Å². The number of hydrogen-bond donors (Lipinski definition) is 1. The molecule has 1 atom stereocenters. The van der Waals surface area contributed by atoms with Crippen LogP contribution in [-0.4, -0.2) is 49.6 Å². The molecule has 0 aromatic heterocycles. The van der Waals surface area contributed by atoms with Crippen LogP contribution < -0.4 is 10.1 Å². The van der Waals surface area contributed by atoms with Crippen molar-refractivity contribution in [3.05, 3.63) is 42.0 Å². The average Bonchev–Trinajstić information content (AvgIpc) is 3.06. The monoisotopic (exact) mass is 332 g/mol. The molecule has 1 saturated heterocycles. The fourth-order valence-electron chi connectivity index (χ4n) is 2.40. The van der Waals surface area contributed by atoms with Crippen LogP contribution in [0, 0.1) is 6.92 Å². The third-order valence-electron chi connectivity index (χ3n) is 3.81. The number of benzene rings is 1. The number of nitrogens with one attached hydrogen (secondary N) is 1. The van der Waals surface area contributed by atoms with Crippen LogP contribution in [0.25, 0.3) is 0 Å². The van der Waals surface area contributed by atoms with E-state index < -0.39 is 0 Å². The Hall–Kier alpha value is -2.34. The van der Waals surface area contributed by atoms with Gasteiger partial charge in [-0.05, 0) is 24.6 Å². The van der Waals surface area contributed by atoms with E-state index in [1.54, 1.807) is 7.05 Å². The minimum Gasteiger partial charge on any atom is -0.488 e.